The SMILES string of the molecule is COc1ccc2c(c1)[C@@H](N)CC(c1cc(Cl)cc(Cl)c1)O2. The highest BCUT2D eigenvalue weighted by molar-refractivity contribution is 6.34. The Hall–Kier alpha value is -1.42. The first kappa shape index (κ1) is 14.5. The average molecular weight is 324 g/mol. The number of halogens is 2. The number of fused-ring (bicyclic) bond motifs is 1. The third-order valence-electron chi connectivity index (χ3n) is 3.61. The maximum absolute atomic E-state index is 6.27. The number of methoxy groups -OCH3 is 1. The molecule has 21 heavy (non-hydrogen) atoms. The van der Waals surface area contributed by atoms with Gasteiger partial charge in [-0.05, 0) is 42.0 Å². The summed E-state index contributed by atoms with van der Waals surface area (Å²) in [4.78, 5) is 0. The van der Waals surface area contributed by atoms with Crippen molar-refractivity contribution in [3.05, 3.63) is 57.6 Å². The van der Waals surface area contributed by atoms with Crippen molar-refractivity contribution in [3.63, 3.8) is 0 Å². The summed E-state index contributed by atoms with van der Waals surface area (Å²) in [6, 6.07) is 11.0. The molecule has 2 aromatic rings. The molecule has 1 unspecified atom stereocenters. The molecule has 1 aliphatic heterocycles. The second-order valence-electron chi connectivity index (χ2n) is 5.06. The van der Waals surface area contributed by atoms with Crippen molar-refractivity contribution in [3.8, 4) is 11.5 Å². The Bertz CT molecular complexity index is 655. The number of hydrogen-bond donors (Lipinski definition) is 1. The van der Waals surface area contributed by atoms with Crippen molar-refractivity contribution in [1.82, 2.24) is 0 Å². The van der Waals surface area contributed by atoms with Gasteiger partial charge in [0, 0.05) is 28.1 Å². The highest BCUT2D eigenvalue weighted by Gasteiger charge is 2.27. The summed E-state index contributed by atoms with van der Waals surface area (Å²) in [6.45, 7) is 0. The maximum Gasteiger partial charge on any atom is 0.126 e. The first-order valence-corrected chi connectivity index (χ1v) is 7.38. The van der Waals surface area contributed by atoms with Gasteiger partial charge in [0.05, 0.1) is 7.11 Å². The fourth-order valence-corrected chi connectivity index (χ4v) is 3.12. The lowest BCUT2D eigenvalue weighted by molar-refractivity contribution is 0.161. The molecule has 0 aromatic heterocycles. The van der Waals surface area contributed by atoms with E-state index in [1.165, 1.54) is 0 Å². The van der Waals surface area contributed by atoms with Crippen molar-refractivity contribution >= 4 is 23.2 Å². The fraction of sp³-hybridized carbons (Fsp3) is 0.250. The molecule has 1 heterocycles. The van der Waals surface area contributed by atoms with E-state index in [-0.39, 0.29) is 12.1 Å². The summed E-state index contributed by atoms with van der Waals surface area (Å²) >= 11 is 12.1. The highest BCUT2D eigenvalue weighted by Crippen LogP contribution is 2.41. The number of rotatable bonds is 2. The Balaban J connectivity index is 1.94. The van der Waals surface area contributed by atoms with Gasteiger partial charge in [0.1, 0.15) is 17.6 Å². The van der Waals surface area contributed by atoms with Crippen LogP contribution in [0.15, 0.2) is 36.4 Å². The molecule has 0 spiro atoms. The first-order valence-electron chi connectivity index (χ1n) is 6.63. The number of hydrogen-bond acceptors (Lipinski definition) is 3. The molecule has 0 saturated carbocycles. The molecule has 0 amide bonds. The van der Waals surface area contributed by atoms with Crippen LogP contribution >= 0.6 is 23.2 Å². The lowest BCUT2D eigenvalue weighted by atomic mass is 9.93. The van der Waals surface area contributed by atoms with Crippen molar-refractivity contribution in [2.75, 3.05) is 7.11 Å². The van der Waals surface area contributed by atoms with Gasteiger partial charge in [-0.1, -0.05) is 23.2 Å². The van der Waals surface area contributed by atoms with E-state index in [1.807, 2.05) is 30.3 Å². The van der Waals surface area contributed by atoms with Gasteiger partial charge in [0.15, 0.2) is 0 Å². The minimum Gasteiger partial charge on any atom is -0.497 e. The number of benzene rings is 2. The lowest BCUT2D eigenvalue weighted by Gasteiger charge is -2.31. The van der Waals surface area contributed by atoms with E-state index in [2.05, 4.69) is 0 Å². The smallest absolute Gasteiger partial charge is 0.126 e. The van der Waals surface area contributed by atoms with E-state index in [9.17, 15) is 0 Å². The standard InChI is InChI=1S/C16H15Cl2NO2/c1-20-12-2-3-15-13(7-12)14(19)8-16(21-15)9-4-10(17)6-11(18)5-9/h2-7,14,16H,8,19H2,1H3/t14-,16?/m0/s1. The van der Waals surface area contributed by atoms with Crippen molar-refractivity contribution in [1.29, 1.82) is 0 Å². The monoisotopic (exact) mass is 323 g/mol. The van der Waals surface area contributed by atoms with Gasteiger partial charge in [-0.25, -0.2) is 0 Å². The van der Waals surface area contributed by atoms with Crippen LogP contribution in [0.3, 0.4) is 0 Å². The number of ether oxygens (including phenoxy) is 2. The third kappa shape index (κ3) is 2.95. The maximum atomic E-state index is 6.27. The zero-order valence-corrected chi connectivity index (χ0v) is 13.0. The molecule has 0 fully saturated rings. The Labute approximate surface area is 133 Å². The summed E-state index contributed by atoms with van der Waals surface area (Å²) in [5.41, 5.74) is 8.16. The third-order valence-corrected chi connectivity index (χ3v) is 4.05. The van der Waals surface area contributed by atoms with E-state index < -0.39 is 0 Å². The zero-order valence-electron chi connectivity index (χ0n) is 11.5. The fourth-order valence-electron chi connectivity index (χ4n) is 2.57. The largest absolute Gasteiger partial charge is 0.497 e. The Morgan fingerprint density at radius 2 is 1.86 bits per heavy atom. The van der Waals surface area contributed by atoms with Gasteiger partial charge in [-0.15, -0.1) is 0 Å². The Kier molecular flexibility index (Phi) is 3.98. The van der Waals surface area contributed by atoms with Crippen LogP contribution < -0.4 is 15.2 Å². The predicted octanol–water partition coefficient (Wildman–Crippen LogP) is 4.53. The molecule has 1 aliphatic rings. The molecule has 5 heteroatoms. The van der Waals surface area contributed by atoms with Crippen LogP contribution in [0, 0.1) is 0 Å². The normalized spacial score (nSPS) is 20.6. The van der Waals surface area contributed by atoms with E-state index in [1.54, 1.807) is 13.2 Å². The molecule has 0 saturated heterocycles. The first-order chi connectivity index (χ1) is 10.1. The van der Waals surface area contributed by atoms with E-state index >= 15 is 0 Å². The summed E-state index contributed by atoms with van der Waals surface area (Å²) in [7, 11) is 1.63. The van der Waals surface area contributed by atoms with Crippen LogP contribution in [0.4, 0.5) is 0 Å². The van der Waals surface area contributed by atoms with Gasteiger partial charge in [0.25, 0.3) is 0 Å². The Morgan fingerprint density at radius 1 is 1.14 bits per heavy atom. The predicted molar refractivity (Wildman–Crippen MR) is 84.4 cm³/mol. The summed E-state index contributed by atoms with van der Waals surface area (Å²) < 4.78 is 11.3. The van der Waals surface area contributed by atoms with Crippen molar-refractivity contribution in [2.45, 2.75) is 18.6 Å². The molecule has 0 radical (unpaired) electrons. The summed E-state index contributed by atoms with van der Waals surface area (Å²) in [6.07, 6.45) is 0.508. The lowest BCUT2D eigenvalue weighted by Crippen LogP contribution is -2.24. The van der Waals surface area contributed by atoms with Gasteiger partial charge in [0.2, 0.25) is 0 Å². The average Bonchev–Trinajstić information content (AvgIpc) is 2.46. The second kappa shape index (κ2) is 5.76. The molecule has 2 aromatic carbocycles. The molecule has 3 rings (SSSR count). The second-order valence-corrected chi connectivity index (χ2v) is 5.93. The molecular weight excluding hydrogens is 309 g/mol. The van der Waals surface area contributed by atoms with Gasteiger partial charge >= 0.3 is 0 Å². The molecular formula is C16H15Cl2NO2. The van der Waals surface area contributed by atoms with Gasteiger partial charge < -0.3 is 15.2 Å². The molecule has 3 nitrogen and oxygen atoms in total. The van der Waals surface area contributed by atoms with Crippen molar-refractivity contribution in [2.24, 2.45) is 5.73 Å². The minimum absolute atomic E-state index is 0.119. The molecule has 2 N–H and O–H groups in total. The van der Waals surface area contributed by atoms with Crippen LogP contribution in [0.2, 0.25) is 10.0 Å². The quantitative estimate of drug-likeness (QED) is 0.883. The van der Waals surface area contributed by atoms with Crippen LogP contribution in [0.1, 0.15) is 29.7 Å². The summed E-state index contributed by atoms with van der Waals surface area (Å²) in [5, 5.41) is 1.19. The number of nitrogens with two attached hydrogens (primary N) is 1. The van der Waals surface area contributed by atoms with Crippen LogP contribution in [0.25, 0.3) is 0 Å². The Morgan fingerprint density at radius 3 is 2.52 bits per heavy atom. The van der Waals surface area contributed by atoms with Gasteiger partial charge in [-0.3, -0.25) is 0 Å². The zero-order chi connectivity index (χ0) is 15.0. The molecule has 2 atom stereocenters. The van der Waals surface area contributed by atoms with E-state index in [0.717, 1.165) is 22.6 Å². The van der Waals surface area contributed by atoms with Crippen LogP contribution in [-0.2, 0) is 0 Å². The molecule has 0 aliphatic carbocycles. The van der Waals surface area contributed by atoms with Crippen molar-refractivity contribution < 1.29 is 9.47 Å². The van der Waals surface area contributed by atoms with E-state index in [0.29, 0.717) is 16.5 Å². The molecule has 110 valence electrons. The van der Waals surface area contributed by atoms with Crippen LogP contribution in [0.5, 0.6) is 11.5 Å². The topological polar surface area (TPSA) is 44.5 Å². The van der Waals surface area contributed by atoms with Gasteiger partial charge in [-0.2, -0.15) is 0 Å². The highest BCUT2D eigenvalue weighted by atomic mass is 35.5. The van der Waals surface area contributed by atoms with E-state index in [4.69, 9.17) is 38.4 Å². The van der Waals surface area contributed by atoms with Crippen LogP contribution in [-0.4, -0.2) is 7.11 Å². The summed E-state index contributed by atoms with van der Waals surface area (Å²) in [5.74, 6) is 1.55. The minimum atomic E-state index is -0.155. The molecule has 0 bridgehead atoms.